The predicted molar refractivity (Wildman–Crippen MR) is 81.7 cm³/mol. The van der Waals surface area contributed by atoms with Crippen LogP contribution < -0.4 is 10.6 Å². The van der Waals surface area contributed by atoms with Gasteiger partial charge in [-0.05, 0) is 44.9 Å². The maximum Gasteiger partial charge on any atom is 0.315 e. The molecule has 0 aliphatic carbocycles. The molecule has 0 saturated heterocycles. The first kappa shape index (κ1) is 17.9. The molecule has 0 unspecified atom stereocenters. The normalized spacial score (nSPS) is 10.9. The molecule has 0 spiro atoms. The van der Waals surface area contributed by atoms with Crippen molar-refractivity contribution in [3.63, 3.8) is 0 Å². The summed E-state index contributed by atoms with van der Waals surface area (Å²) in [5, 5.41) is 5.31. The fourth-order valence-corrected chi connectivity index (χ4v) is 1.67. The van der Waals surface area contributed by atoms with E-state index in [1.165, 1.54) is 12.1 Å². The number of nitrogens with one attached hydrogen (secondary N) is 2. The molecule has 5 nitrogen and oxygen atoms in total. The monoisotopic (exact) mass is 310 g/mol. The third-order valence-electron chi connectivity index (χ3n) is 2.63. The van der Waals surface area contributed by atoms with E-state index in [-0.39, 0.29) is 24.2 Å². The van der Waals surface area contributed by atoms with E-state index >= 15 is 0 Å². The number of benzene rings is 1. The van der Waals surface area contributed by atoms with Crippen molar-refractivity contribution < 1.29 is 18.7 Å². The van der Waals surface area contributed by atoms with Crippen molar-refractivity contribution in [3.05, 3.63) is 35.6 Å². The lowest BCUT2D eigenvalue weighted by Crippen LogP contribution is -2.35. The van der Waals surface area contributed by atoms with Crippen molar-refractivity contribution in [1.29, 1.82) is 0 Å². The summed E-state index contributed by atoms with van der Waals surface area (Å²) in [6.07, 6.45) is 0.772. The van der Waals surface area contributed by atoms with E-state index in [0.29, 0.717) is 19.5 Å². The van der Waals surface area contributed by atoms with Gasteiger partial charge >= 0.3 is 12.0 Å². The molecule has 122 valence electrons. The van der Waals surface area contributed by atoms with E-state index in [0.717, 1.165) is 5.56 Å². The van der Waals surface area contributed by atoms with Crippen molar-refractivity contribution in [3.8, 4) is 0 Å². The van der Waals surface area contributed by atoms with E-state index in [4.69, 9.17) is 4.74 Å². The van der Waals surface area contributed by atoms with Crippen LogP contribution >= 0.6 is 0 Å². The van der Waals surface area contributed by atoms with E-state index in [9.17, 15) is 14.0 Å². The quantitative estimate of drug-likeness (QED) is 0.627. The number of carbonyl (C=O) groups excluding carboxylic acids is 2. The number of rotatable bonds is 6. The first-order valence-electron chi connectivity index (χ1n) is 7.24. The van der Waals surface area contributed by atoms with Crippen LogP contribution in [0.15, 0.2) is 24.3 Å². The van der Waals surface area contributed by atoms with Gasteiger partial charge in [-0.1, -0.05) is 12.1 Å². The second kappa shape index (κ2) is 8.36. The number of amides is 2. The standard InChI is InChI=1S/C16H23FN2O3/c1-16(2,3)22-14(20)5-4-10-18-15(21)19-11-12-6-8-13(17)9-7-12/h6-9H,4-5,10-11H2,1-3H3,(H2,18,19,21). The number of urea groups is 1. The summed E-state index contributed by atoms with van der Waals surface area (Å²) in [7, 11) is 0. The molecule has 0 atom stereocenters. The minimum absolute atomic E-state index is 0.259. The third-order valence-corrected chi connectivity index (χ3v) is 2.63. The van der Waals surface area contributed by atoms with E-state index in [1.54, 1.807) is 12.1 Å². The zero-order valence-electron chi connectivity index (χ0n) is 13.2. The highest BCUT2D eigenvalue weighted by Gasteiger charge is 2.15. The molecule has 2 N–H and O–H groups in total. The maximum absolute atomic E-state index is 12.7. The highest BCUT2D eigenvalue weighted by molar-refractivity contribution is 5.74. The first-order valence-corrected chi connectivity index (χ1v) is 7.24. The predicted octanol–water partition coefficient (Wildman–Crippen LogP) is 2.75. The number of hydrogen-bond donors (Lipinski definition) is 2. The Labute approximate surface area is 130 Å². The molecule has 1 aromatic rings. The summed E-state index contributed by atoms with van der Waals surface area (Å²) in [6, 6.07) is 5.58. The summed E-state index contributed by atoms with van der Waals surface area (Å²) < 4.78 is 17.9. The molecule has 0 fully saturated rings. The molecule has 0 aliphatic rings. The van der Waals surface area contributed by atoms with Gasteiger partial charge in [0.2, 0.25) is 0 Å². The van der Waals surface area contributed by atoms with Crippen molar-refractivity contribution in [2.45, 2.75) is 45.8 Å². The van der Waals surface area contributed by atoms with Gasteiger partial charge in [-0.15, -0.1) is 0 Å². The lowest BCUT2D eigenvalue weighted by Gasteiger charge is -2.19. The first-order chi connectivity index (χ1) is 10.3. The van der Waals surface area contributed by atoms with Gasteiger partial charge in [-0.25, -0.2) is 9.18 Å². The van der Waals surface area contributed by atoms with Crippen molar-refractivity contribution in [1.82, 2.24) is 10.6 Å². The van der Waals surface area contributed by atoms with Gasteiger partial charge in [0.15, 0.2) is 0 Å². The van der Waals surface area contributed by atoms with Crippen LogP contribution in [0.25, 0.3) is 0 Å². The second-order valence-electron chi connectivity index (χ2n) is 5.93. The molecular weight excluding hydrogens is 287 g/mol. The molecule has 0 aromatic heterocycles. The fraction of sp³-hybridized carbons (Fsp3) is 0.500. The lowest BCUT2D eigenvalue weighted by atomic mass is 10.2. The summed E-state index contributed by atoms with van der Waals surface area (Å²) in [5.74, 6) is -0.587. The highest BCUT2D eigenvalue weighted by Crippen LogP contribution is 2.08. The van der Waals surface area contributed by atoms with Crippen LogP contribution in [0.2, 0.25) is 0 Å². The Bertz CT molecular complexity index is 495. The molecule has 0 heterocycles. The van der Waals surface area contributed by atoms with Gasteiger partial charge in [0.25, 0.3) is 0 Å². The molecule has 6 heteroatoms. The zero-order valence-corrected chi connectivity index (χ0v) is 13.2. The van der Waals surface area contributed by atoms with Crippen LogP contribution in [0.5, 0.6) is 0 Å². The van der Waals surface area contributed by atoms with Crippen LogP contribution in [0, 0.1) is 5.82 Å². The van der Waals surface area contributed by atoms with Gasteiger partial charge in [0, 0.05) is 19.5 Å². The second-order valence-corrected chi connectivity index (χ2v) is 5.93. The number of ether oxygens (including phenoxy) is 1. The molecular formula is C16H23FN2O3. The van der Waals surface area contributed by atoms with Gasteiger partial charge in [-0.2, -0.15) is 0 Å². The molecule has 0 aliphatic heterocycles. The minimum Gasteiger partial charge on any atom is -0.460 e. The summed E-state index contributed by atoms with van der Waals surface area (Å²) >= 11 is 0. The SMILES string of the molecule is CC(C)(C)OC(=O)CCCNC(=O)NCc1ccc(F)cc1. The van der Waals surface area contributed by atoms with Crippen molar-refractivity contribution in [2.24, 2.45) is 0 Å². The molecule has 2 amide bonds. The Morgan fingerprint density at radius 3 is 2.36 bits per heavy atom. The number of hydrogen-bond acceptors (Lipinski definition) is 3. The topological polar surface area (TPSA) is 67.4 Å². The van der Waals surface area contributed by atoms with Gasteiger partial charge in [-0.3, -0.25) is 4.79 Å². The Balaban J connectivity index is 2.13. The average Bonchev–Trinajstić information content (AvgIpc) is 2.41. The minimum atomic E-state index is -0.489. The Hall–Kier alpha value is -2.11. The Kier molecular flexibility index (Phi) is 6.82. The smallest absolute Gasteiger partial charge is 0.315 e. The molecule has 22 heavy (non-hydrogen) atoms. The summed E-state index contributed by atoms with van der Waals surface area (Å²) in [5.41, 5.74) is 0.321. The summed E-state index contributed by atoms with van der Waals surface area (Å²) in [6.45, 7) is 6.14. The number of carbonyl (C=O) groups is 2. The van der Waals surface area contributed by atoms with Crippen LogP contribution in [0.4, 0.5) is 9.18 Å². The van der Waals surface area contributed by atoms with Crippen molar-refractivity contribution >= 4 is 12.0 Å². The molecule has 0 saturated carbocycles. The van der Waals surface area contributed by atoms with Crippen LogP contribution in [0.3, 0.4) is 0 Å². The number of esters is 1. The highest BCUT2D eigenvalue weighted by atomic mass is 19.1. The molecule has 0 bridgehead atoms. The van der Waals surface area contributed by atoms with Gasteiger partial charge in [0.1, 0.15) is 11.4 Å². The molecule has 0 radical (unpaired) electrons. The largest absolute Gasteiger partial charge is 0.460 e. The average molecular weight is 310 g/mol. The van der Waals surface area contributed by atoms with E-state index in [1.807, 2.05) is 20.8 Å². The fourth-order valence-electron chi connectivity index (χ4n) is 1.67. The Morgan fingerprint density at radius 2 is 1.77 bits per heavy atom. The van der Waals surface area contributed by atoms with Crippen LogP contribution in [-0.2, 0) is 16.1 Å². The molecule has 1 aromatic carbocycles. The van der Waals surface area contributed by atoms with E-state index in [2.05, 4.69) is 10.6 Å². The maximum atomic E-state index is 12.7. The van der Waals surface area contributed by atoms with Crippen LogP contribution in [-0.4, -0.2) is 24.1 Å². The van der Waals surface area contributed by atoms with Crippen molar-refractivity contribution in [2.75, 3.05) is 6.54 Å². The van der Waals surface area contributed by atoms with E-state index < -0.39 is 5.60 Å². The number of halogens is 1. The lowest BCUT2D eigenvalue weighted by molar-refractivity contribution is -0.154. The molecule has 1 rings (SSSR count). The van der Waals surface area contributed by atoms with Crippen LogP contribution in [0.1, 0.15) is 39.2 Å². The Morgan fingerprint density at radius 1 is 1.14 bits per heavy atom. The summed E-state index contributed by atoms with van der Waals surface area (Å²) in [4.78, 5) is 23.0. The van der Waals surface area contributed by atoms with Gasteiger partial charge in [0.05, 0.1) is 0 Å². The van der Waals surface area contributed by atoms with Gasteiger partial charge < -0.3 is 15.4 Å². The third kappa shape index (κ3) is 8.24. The zero-order chi connectivity index (χ0) is 16.6.